The predicted octanol–water partition coefficient (Wildman–Crippen LogP) is 1.32. The molecule has 2 aromatic rings. The Morgan fingerprint density at radius 2 is 2.26 bits per heavy atom. The van der Waals surface area contributed by atoms with Gasteiger partial charge in [-0.3, -0.25) is 0 Å². The molecule has 19 heavy (non-hydrogen) atoms. The first-order chi connectivity index (χ1) is 9.01. The fraction of sp³-hybridized carbons (Fsp3) is 0.455. The third kappa shape index (κ3) is 1.72. The van der Waals surface area contributed by atoms with E-state index in [1.807, 2.05) is 0 Å². The van der Waals surface area contributed by atoms with Crippen LogP contribution in [-0.4, -0.2) is 19.6 Å². The van der Waals surface area contributed by atoms with Crippen LogP contribution in [0.1, 0.15) is 25.1 Å². The summed E-state index contributed by atoms with van der Waals surface area (Å²) in [5.41, 5.74) is 6.11. The second-order valence-electron chi connectivity index (χ2n) is 4.83. The van der Waals surface area contributed by atoms with Gasteiger partial charge in [-0.05, 0) is 30.3 Å². The molecule has 2 heterocycles. The summed E-state index contributed by atoms with van der Waals surface area (Å²) in [5, 5.41) is 14.7. The zero-order chi connectivity index (χ0) is 13.6. The van der Waals surface area contributed by atoms with Gasteiger partial charge in [0.15, 0.2) is 11.5 Å². The average Bonchev–Trinajstić information content (AvgIpc) is 2.92. The molecule has 0 radical (unpaired) electrons. The fourth-order valence-corrected chi connectivity index (χ4v) is 2.21. The monoisotopic (exact) mass is 263 g/mol. The first-order valence-electron chi connectivity index (χ1n) is 5.95. The number of aromatic nitrogens is 3. The van der Waals surface area contributed by atoms with Crippen LogP contribution in [-0.2, 0) is 12.6 Å². The van der Waals surface area contributed by atoms with Crippen LogP contribution < -0.4 is 5.73 Å². The predicted molar refractivity (Wildman–Crippen MR) is 65.1 cm³/mol. The summed E-state index contributed by atoms with van der Waals surface area (Å²) in [6.45, 7) is 0. The number of rotatable bonds is 3. The Kier molecular flexibility index (Phi) is 2.42. The van der Waals surface area contributed by atoms with Crippen LogP contribution in [0, 0.1) is 10.1 Å². The topological polar surface area (TPSA) is 113 Å². The number of nitrogens with two attached hydrogens (primary N) is 1. The molecule has 0 aromatic carbocycles. The SMILES string of the molecule is Cn1c(-c2nc(C3(N)CCC3)no2)ccc1[N+](=O)[O-]. The lowest BCUT2D eigenvalue weighted by atomic mass is 9.77. The Hall–Kier alpha value is -2.22. The minimum Gasteiger partial charge on any atom is -0.358 e. The van der Waals surface area contributed by atoms with E-state index >= 15 is 0 Å². The minimum absolute atomic E-state index is 0.0270. The molecule has 3 rings (SSSR count). The van der Waals surface area contributed by atoms with Crippen molar-refractivity contribution in [1.29, 1.82) is 0 Å². The van der Waals surface area contributed by atoms with Crippen molar-refractivity contribution in [3.8, 4) is 11.6 Å². The summed E-state index contributed by atoms with van der Waals surface area (Å²) in [7, 11) is 1.58. The van der Waals surface area contributed by atoms with Crippen molar-refractivity contribution in [3.63, 3.8) is 0 Å². The third-order valence-electron chi connectivity index (χ3n) is 3.62. The molecule has 0 amide bonds. The van der Waals surface area contributed by atoms with E-state index in [4.69, 9.17) is 10.3 Å². The van der Waals surface area contributed by atoms with Crippen molar-refractivity contribution in [2.45, 2.75) is 24.8 Å². The summed E-state index contributed by atoms with van der Waals surface area (Å²) >= 11 is 0. The standard InChI is InChI=1S/C11H13N5O3/c1-15-7(3-4-8(15)16(17)18)9-13-10(14-19-9)11(12)5-2-6-11/h3-4H,2,5-6,12H2,1H3. The van der Waals surface area contributed by atoms with Crippen molar-refractivity contribution < 1.29 is 9.45 Å². The van der Waals surface area contributed by atoms with Crippen LogP contribution >= 0.6 is 0 Å². The van der Waals surface area contributed by atoms with Gasteiger partial charge in [0.1, 0.15) is 0 Å². The zero-order valence-electron chi connectivity index (χ0n) is 10.4. The third-order valence-corrected chi connectivity index (χ3v) is 3.62. The maximum atomic E-state index is 10.8. The zero-order valence-corrected chi connectivity index (χ0v) is 10.4. The van der Waals surface area contributed by atoms with Gasteiger partial charge in [-0.2, -0.15) is 4.98 Å². The molecule has 8 heteroatoms. The van der Waals surface area contributed by atoms with Crippen molar-refractivity contribution >= 4 is 5.82 Å². The quantitative estimate of drug-likeness (QED) is 0.660. The van der Waals surface area contributed by atoms with Crippen LogP contribution in [0.15, 0.2) is 16.7 Å². The molecule has 0 bridgehead atoms. The van der Waals surface area contributed by atoms with Gasteiger partial charge in [-0.25, -0.2) is 4.57 Å². The number of hydrogen-bond acceptors (Lipinski definition) is 6. The van der Waals surface area contributed by atoms with E-state index < -0.39 is 10.5 Å². The van der Waals surface area contributed by atoms with Gasteiger partial charge < -0.3 is 20.4 Å². The molecule has 0 aliphatic heterocycles. The highest BCUT2D eigenvalue weighted by molar-refractivity contribution is 5.52. The number of hydrogen-bond donors (Lipinski definition) is 1. The fourth-order valence-electron chi connectivity index (χ4n) is 2.21. The summed E-state index contributed by atoms with van der Waals surface area (Å²) in [6, 6.07) is 2.99. The lowest BCUT2D eigenvalue weighted by Crippen LogP contribution is -2.44. The average molecular weight is 263 g/mol. The van der Waals surface area contributed by atoms with Gasteiger partial charge in [0, 0.05) is 6.07 Å². The molecule has 0 saturated heterocycles. The highest BCUT2D eigenvalue weighted by Gasteiger charge is 2.39. The van der Waals surface area contributed by atoms with Gasteiger partial charge in [-0.15, -0.1) is 0 Å². The number of nitro groups is 1. The molecule has 2 N–H and O–H groups in total. The lowest BCUT2D eigenvalue weighted by molar-refractivity contribution is -0.391. The largest absolute Gasteiger partial charge is 0.358 e. The summed E-state index contributed by atoms with van der Waals surface area (Å²) in [4.78, 5) is 14.6. The molecule has 1 saturated carbocycles. The smallest absolute Gasteiger partial charge is 0.323 e. The molecule has 1 fully saturated rings. The van der Waals surface area contributed by atoms with Crippen molar-refractivity contribution in [3.05, 3.63) is 28.1 Å². The molecule has 1 aliphatic rings. The first kappa shape index (κ1) is 11.8. The van der Waals surface area contributed by atoms with Crippen LogP contribution in [0.4, 0.5) is 5.82 Å². The van der Waals surface area contributed by atoms with Crippen LogP contribution in [0.2, 0.25) is 0 Å². The van der Waals surface area contributed by atoms with Crippen molar-refractivity contribution in [2.24, 2.45) is 12.8 Å². The second-order valence-corrected chi connectivity index (χ2v) is 4.83. The molecule has 0 unspecified atom stereocenters. The van der Waals surface area contributed by atoms with Gasteiger partial charge in [0.05, 0.1) is 12.6 Å². The van der Waals surface area contributed by atoms with Gasteiger partial charge >= 0.3 is 5.82 Å². The highest BCUT2D eigenvalue weighted by Crippen LogP contribution is 2.37. The van der Waals surface area contributed by atoms with Gasteiger partial charge in [0.2, 0.25) is 0 Å². The van der Waals surface area contributed by atoms with E-state index in [0.717, 1.165) is 19.3 Å². The number of nitrogens with zero attached hydrogens (tertiary/aromatic N) is 4. The maximum absolute atomic E-state index is 10.8. The Morgan fingerprint density at radius 1 is 1.53 bits per heavy atom. The van der Waals surface area contributed by atoms with Crippen molar-refractivity contribution in [2.75, 3.05) is 0 Å². The van der Waals surface area contributed by atoms with Gasteiger partial charge in [-0.1, -0.05) is 5.16 Å². The second kappa shape index (κ2) is 3.89. The normalized spacial score (nSPS) is 17.2. The summed E-state index contributed by atoms with van der Waals surface area (Å²) < 4.78 is 6.57. The summed E-state index contributed by atoms with van der Waals surface area (Å²) in [5.74, 6) is 0.695. The molecule has 0 atom stereocenters. The van der Waals surface area contributed by atoms with E-state index in [2.05, 4.69) is 10.1 Å². The lowest BCUT2D eigenvalue weighted by Gasteiger charge is -2.34. The Labute approximate surface area is 108 Å². The Balaban J connectivity index is 1.97. The van der Waals surface area contributed by atoms with Crippen LogP contribution in [0.25, 0.3) is 11.6 Å². The molecular weight excluding hydrogens is 250 g/mol. The molecular formula is C11H13N5O3. The van der Waals surface area contributed by atoms with Crippen LogP contribution in [0.5, 0.6) is 0 Å². The Bertz CT molecular complexity index is 641. The van der Waals surface area contributed by atoms with Gasteiger partial charge in [0.25, 0.3) is 5.89 Å². The van der Waals surface area contributed by atoms with Crippen LogP contribution in [0.3, 0.4) is 0 Å². The van der Waals surface area contributed by atoms with E-state index in [9.17, 15) is 10.1 Å². The van der Waals surface area contributed by atoms with Crippen molar-refractivity contribution in [1.82, 2.24) is 14.7 Å². The minimum atomic E-state index is -0.501. The van der Waals surface area contributed by atoms with E-state index in [1.165, 1.54) is 10.6 Å². The Morgan fingerprint density at radius 3 is 2.79 bits per heavy atom. The van der Waals surface area contributed by atoms with E-state index in [-0.39, 0.29) is 11.7 Å². The molecule has 8 nitrogen and oxygen atoms in total. The van der Waals surface area contributed by atoms with E-state index in [0.29, 0.717) is 11.5 Å². The molecule has 0 spiro atoms. The first-order valence-corrected chi connectivity index (χ1v) is 5.95. The molecule has 100 valence electrons. The molecule has 2 aromatic heterocycles. The highest BCUT2D eigenvalue weighted by atomic mass is 16.6. The molecule has 1 aliphatic carbocycles. The maximum Gasteiger partial charge on any atom is 0.323 e. The van der Waals surface area contributed by atoms with E-state index in [1.54, 1.807) is 13.1 Å². The summed E-state index contributed by atoms with van der Waals surface area (Å²) in [6.07, 6.45) is 2.72.